The Kier molecular flexibility index (Phi) is 5.34. The number of hydrogen-bond donors (Lipinski definition) is 1. The summed E-state index contributed by atoms with van der Waals surface area (Å²) in [4.78, 5) is 14.9. The van der Waals surface area contributed by atoms with Crippen molar-refractivity contribution in [3.05, 3.63) is 60.0 Å². The van der Waals surface area contributed by atoms with E-state index >= 15 is 0 Å². The summed E-state index contributed by atoms with van der Waals surface area (Å²) in [5.74, 6) is 0.910. The van der Waals surface area contributed by atoms with Crippen molar-refractivity contribution in [2.45, 2.75) is 32.3 Å². The number of aromatic nitrogens is 4. The van der Waals surface area contributed by atoms with Crippen LogP contribution in [0, 0.1) is 0 Å². The lowest BCUT2D eigenvalue weighted by Crippen LogP contribution is -2.51. The molecule has 1 atom stereocenters. The number of anilines is 1. The number of nitrogens with zero attached hydrogens (tertiary/aromatic N) is 5. The largest absolute Gasteiger partial charge is 0.367 e. The molecule has 1 aliphatic heterocycles. The van der Waals surface area contributed by atoms with E-state index in [4.69, 9.17) is 9.84 Å². The Hall–Kier alpha value is -3.13. The highest BCUT2D eigenvalue weighted by molar-refractivity contribution is 5.89. The van der Waals surface area contributed by atoms with Crippen molar-refractivity contribution in [2.75, 3.05) is 25.0 Å². The maximum absolute atomic E-state index is 13.2. The molecule has 4 rings (SSSR count). The Morgan fingerprint density at radius 2 is 2.03 bits per heavy atom. The standard InChI is InChI=1S/C22H28N6O2/c1-16(2)19-12-20(28(25-19)18-8-6-5-7-9-18)24-21(29)27-10-11-30-22(3,15-27)17-13-23-26(4)14-17/h5-9,12-14,16H,10-11,15H2,1-4H3,(H,24,29). The number of rotatable bonds is 4. The lowest BCUT2D eigenvalue weighted by atomic mass is 9.97. The molecule has 8 heteroatoms. The van der Waals surface area contributed by atoms with Crippen LogP contribution < -0.4 is 5.32 Å². The Morgan fingerprint density at radius 1 is 1.27 bits per heavy atom. The molecule has 8 nitrogen and oxygen atoms in total. The van der Waals surface area contributed by atoms with Crippen LogP contribution in [0.1, 0.15) is 37.9 Å². The average Bonchev–Trinajstić information content (AvgIpc) is 3.36. The number of morpholine rings is 1. The van der Waals surface area contributed by atoms with Gasteiger partial charge in [0.15, 0.2) is 0 Å². The van der Waals surface area contributed by atoms with E-state index in [0.29, 0.717) is 25.5 Å². The van der Waals surface area contributed by atoms with Gasteiger partial charge < -0.3 is 9.64 Å². The molecular weight excluding hydrogens is 380 g/mol. The van der Waals surface area contributed by atoms with Crippen LogP contribution >= 0.6 is 0 Å². The summed E-state index contributed by atoms with van der Waals surface area (Å²) in [7, 11) is 1.87. The average molecular weight is 409 g/mol. The smallest absolute Gasteiger partial charge is 0.323 e. The molecule has 2 aromatic heterocycles. The monoisotopic (exact) mass is 408 g/mol. The van der Waals surface area contributed by atoms with Crippen LogP contribution in [-0.4, -0.2) is 50.2 Å². The Morgan fingerprint density at radius 3 is 2.70 bits per heavy atom. The second kappa shape index (κ2) is 7.95. The SMILES string of the molecule is CC(C)c1cc(NC(=O)N2CCOC(C)(c3cnn(C)c3)C2)n(-c2ccccc2)n1. The number of nitrogens with one attached hydrogen (secondary N) is 1. The molecule has 158 valence electrons. The first-order valence-corrected chi connectivity index (χ1v) is 10.2. The van der Waals surface area contributed by atoms with Crippen LogP contribution in [0.5, 0.6) is 0 Å². The van der Waals surface area contributed by atoms with Crippen molar-refractivity contribution in [3.63, 3.8) is 0 Å². The highest BCUT2D eigenvalue weighted by Crippen LogP contribution is 2.30. The quantitative estimate of drug-likeness (QED) is 0.717. The normalized spacial score (nSPS) is 19.3. The van der Waals surface area contributed by atoms with Gasteiger partial charge in [-0.2, -0.15) is 10.2 Å². The zero-order valence-electron chi connectivity index (χ0n) is 17.9. The third kappa shape index (κ3) is 3.95. The molecule has 1 unspecified atom stereocenters. The molecular formula is C22H28N6O2. The Bertz CT molecular complexity index is 1030. The van der Waals surface area contributed by atoms with Crippen LogP contribution in [0.3, 0.4) is 0 Å². The zero-order valence-corrected chi connectivity index (χ0v) is 17.9. The minimum atomic E-state index is -0.591. The summed E-state index contributed by atoms with van der Waals surface area (Å²) in [6.07, 6.45) is 3.72. The minimum absolute atomic E-state index is 0.166. The summed E-state index contributed by atoms with van der Waals surface area (Å²) in [6, 6.07) is 11.6. The first kappa shape index (κ1) is 20.2. The van der Waals surface area contributed by atoms with Gasteiger partial charge in [0.2, 0.25) is 0 Å². The van der Waals surface area contributed by atoms with Crippen molar-refractivity contribution >= 4 is 11.8 Å². The first-order chi connectivity index (χ1) is 14.4. The van der Waals surface area contributed by atoms with E-state index in [1.54, 1.807) is 20.5 Å². The number of carbonyl (C=O) groups is 1. The van der Waals surface area contributed by atoms with Gasteiger partial charge >= 0.3 is 6.03 Å². The summed E-state index contributed by atoms with van der Waals surface area (Å²) in [5, 5.41) is 12.0. The van der Waals surface area contributed by atoms with Gasteiger partial charge in [-0.05, 0) is 25.0 Å². The van der Waals surface area contributed by atoms with Crippen LogP contribution in [0.4, 0.5) is 10.6 Å². The number of carbonyl (C=O) groups excluding carboxylic acids is 1. The highest BCUT2D eigenvalue weighted by Gasteiger charge is 2.37. The van der Waals surface area contributed by atoms with Crippen molar-refractivity contribution in [1.29, 1.82) is 0 Å². The number of para-hydroxylation sites is 1. The molecule has 0 bridgehead atoms. The third-order valence-corrected chi connectivity index (χ3v) is 5.43. The Balaban J connectivity index is 1.56. The van der Waals surface area contributed by atoms with Gasteiger partial charge in [-0.15, -0.1) is 0 Å². The lowest BCUT2D eigenvalue weighted by Gasteiger charge is -2.39. The van der Waals surface area contributed by atoms with Gasteiger partial charge in [0.1, 0.15) is 11.4 Å². The summed E-state index contributed by atoms with van der Waals surface area (Å²) in [6.45, 7) is 7.61. The van der Waals surface area contributed by atoms with Crippen molar-refractivity contribution in [3.8, 4) is 5.69 Å². The van der Waals surface area contributed by atoms with E-state index in [-0.39, 0.29) is 11.9 Å². The third-order valence-electron chi connectivity index (χ3n) is 5.43. The van der Waals surface area contributed by atoms with Gasteiger partial charge in [0, 0.05) is 31.4 Å². The fourth-order valence-electron chi connectivity index (χ4n) is 3.64. The molecule has 0 aliphatic carbocycles. The summed E-state index contributed by atoms with van der Waals surface area (Å²) >= 11 is 0. The minimum Gasteiger partial charge on any atom is -0.367 e. The van der Waals surface area contributed by atoms with Gasteiger partial charge in [-0.1, -0.05) is 32.0 Å². The molecule has 1 fully saturated rings. The van der Waals surface area contributed by atoms with Gasteiger partial charge in [0.25, 0.3) is 0 Å². The molecule has 3 aromatic rings. The fraction of sp³-hybridized carbons (Fsp3) is 0.409. The predicted molar refractivity (Wildman–Crippen MR) is 115 cm³/mol. The zero-order chi connectivity index (χ0) is 21.3. The van der Waals surface area contributed by atoms with Gasteiger partial charge in [-0.25, -0.2) is 9.48 Å². The fourth-order valence-corrected chi connectivity index (χ4v) is 3.64. The number of urea groups is 1. The number of amides is 2. The van der Waals surface area contributed by atoms with Crippen LogP contribution in [0.2, 0.25) is 0 Å². The summed E-state index contributed by atoms with van der Waals surface area (Å²) in [5.41, 5.74) is 2.20. The molecule has 0 saturated carbocycles. The lowest BCUT2D eigenvalue weighted by molar-refractivity contribution is -0.0895. The maximum atomic E-state index is 13.2. The highest BCUT2D eigenvalue weighted by atomic mass is 16.5. The number of hydrogen-bond acceptors (Lipinski definition) is 4. The van der Waals surface area contributed by atoms with Crippen LogP contribution in [-0.2, 0) is 17.4 Å². The predicted octanol–water partition coefficient (Wildman–Crippen LogP) is 3.51. The molecule has 2 amide bonds. The number of ether oxygens (including phenoxy) is 1. The second-order valence-corrected chi connectivity index (χ2v) is 8.19. The molecule has 0 radical (unpaired) electrons. The van der Waals surface area contributed by atoms with E-state index < -0.39 is 5.60 Å². The van der Waals surface area contributed by atoms with Gasteiger partial charge in [-0.3, -0.25) is 10.00 Å². The first-order valence-electron chi connectivity index (χ1n) is 10.2. The Labute approximate surface area is 176 Å². The molecule has 30 heavy (non-hydrogen) atoms. The van der Waals surface area contributed by atoms with E-state index in [1.807, 2.05) is 56.6 Å². The molecule has 1 saturated heterocycles. The second-order valence-electron chi connectivity index (χ2n) is 8.19. The maximum Gasteiger partial charge on any atom is 0.323 e. The molecule has 0 spiro atoms. The molecule has 1 aromatic carbocycles. The van der Waals surface area contributed by atoms with Crippen molar-refractivity contribution in [1.82, 2.24) is 24.5 Å². The van der Waals surface area contributed by atoms with E-state index in [9.17, 15) is 4.79 Å². The van der Waals surface area contributed by atoms with Crippen LogP contribution in [0.15, 0.2) is 48.8 Å². The topological polar surface area (TPSA) is 77.2 Å². The van der Waals surface area contributed by atoms with E-state index in [2.05, 4.69) is 24.3 Å². The van der Waals surface area contributed by atoms with E-state index in [1.165, 1.54) is 0 Å². The number of benzene rings is 1. The molecule has 1 aliphatic rings. The molecule has 3 heterocycles. The molecule has 1 N–H and O–H groups in total. The van der Waals surface area contributed by atoms with Crippen molar-refractivity contribution in [2.24, 2.45) is 7.05 Å². The number of aryl methyl sites for hydroxylation is 1. The van der Waals surface area contributed by atoms with Crippen LogP contribution in [0.25, 0.3) is 5.69 Å². The van der Waals surface area contributed by atoms with E-state index in [0.717, 1.165) is 16.9 Å². The van der Waals surface area contributed by atoms with Gasteiger partial charge in [0.05, 0.1) is 30.7 Å². The summed E-state index contributed by atoms with van der Waals surface area (Å²) < 4.78 is 9.56. The van der Waals surface area contributed by atoms with Crippen molar-refractivity contribution < 1.29 is 9.53 Å².